The lowest BCUT2D eigenvalue weighted by Gasteiger charge is -2.44. The van der Waals surface area contributed by atoms with E-state index in [2.05, 4.69) is 0 Å². The average Bonchev–Trinajstić information content (AvgIpc) is 2.96. The Morgan fingerprint density at radius 2 is 1.92 bits per heavy atom. The maximum absolute atomic E-state index is 14.7. The molecule has 2 aliphatic heterocycles. The molecule has 0 radical (unpaired) electrons. The number of piperidine rings is 2. The molecule has 0 N–H and O–H groups in total. The lowest BCUT2D eigenvalue weighted by atomic mass is 9.90. The Balaban J connectivity index is 1.57. The standard InChI is InChI=1S/C17H27F3N2O2/c1-15(2,3)24-14(23)21-8-5-13(12(18)9-21)22-7-4-6-16(11-22)10-17(16,19)20/h12-13H,4-11H2,1-3H3. The van der Waals surface area contributed by atoms with E-state index < -0.39 is 29.2 Å². The first-order valence-corrected chi connectivity index (χ1v) is 8.77. The Kier molecular flexibility index (Phi) is 4.30. The van der Waals surface area contributed by atoms with Crippen LogP contribution in [-0.2, 0) is 4.74 Å². The number of rotatable bonds is 1. The van der Waals surface area contributed by atoms with Crippen LogP contribution in [0.1, 0.15) is 46.5 Å². The van der Waals surface area contributed by atoms with E-state index in [4.69, 9.17) is 4.74 Å². The van der Waals surface area contributed by atoms with Crippen molar-refractivity contribution in [2.75, 3.05) is 26.2 Å². The number of ether oxygens (including phenoxy) is 1. The number of amides is 1. The molecule has 3 atom stereocenters. The second kappa shape index (κ2) is 5.78. The third-order valence-electron chi connectivity index (χ3n) is 5.45. The Morgan fingerprint density at radius 1 is 1.25 bits per heavy atom. The molecule has 0 aromatic heterocycles. The van der Waals surface area contributed by atoms with Gasteiger partial charge in [-0.15, -0.1) is 0 Å². The van der Waals surface area contributed by atoms with Crippen molar-refractivity contribution in [2.45, 2.75) is 70.2 Å². The number of hydrogen-bond donors (Lipinski definition) is 0. The average molecular weight is 348 g/mol. The molecule has 3 fully saturated rings. The van der Waals surface area contributed by atoms with Crippen molar-refractivity contribution in [3.8, 4) is 0 Å². The largest absolute Gasteiger partial charge is 0.444 e. The molecule has 1 aliphatic carbocycles. The van der Waals surface area contributed by atoms with E-state index in [1.165, 1.54) is 4.90 Å². The van der Waals surface area contributed by atoms with Crippen LogP contribution < -0.4 is 0 Å². The predicted octanol–water partition coefficient (Wildman–Crippen LogP) is 3.46. The van der Waals surface area contributed by atoms with Gasteiger partial charge in [0.25, 0.3) is 5.92 Å². The van der Waals surface area contributed by atoms with Crippen molar-refractivity contribution in [3.05, 3.63) is 0 Å². The zero-order valence-corrected chi connectivity index (χ0v) is 14.7. The van der Waals surface area contributed by atoms with Crippen LogP contribution >= 0.6 is 0 Å². The summed E-state index contributed by atoms with van der Waals surface area (Å²) in [6.45, 7) is 6.63. The molecule has 2 heterocycles. The first kappa shape index (κ1) is 17.8. The normalized spacial score (nSPS) is 36.7. The molecule has 4 nitrogen and oxygen atoms in total. The third-order valence-corrected chi connectivity index (χ3v) is 5.45. The molecule has 7 heteroatoms. The van der Waals surface area contributed by atoms with Gasteiger partial charge in [-0.3, -0.25) is 4.90 Å². The summed E-state index contributed by atoms with van der Waals surface area (Å²) in [4.78, 5) is 15.3. The molecule has 0 aromatic carbocycles. The van der Waals surface area contributed by atoms with Crippen LogP contribution in [0.5, 0.6) is 0 Å². The van der Waals surface area contributed by atoms with Gasteiger partial charge in [-0.1, -0.05) is 0 Å². The summed E-state index contributed by atoms with van der Waals surface area (Å²) in [6, 6.07) is -0.378. The molecule has 0 bridgehead atoms. The zero-order chi connectivity index (χ0) is 17.8. The number of alkyl halides is 3. The second-order valence-corrected chi connectivity index (χ2v) is 8.53. The highest BCUT2D eigenvalue weighted by Gasteiger charge is 2.71. The van der Waals surface area contributed by atoms with E-state index in [1.807, 2.05) is 4.90 Å². The maximum atomic E-state index is 14.7. The van der Waals surface area contributed by atoms with Gasteiger partial charge in [0.05, 0.1) is 12.0 Å². The molecule has 1 spiro atoms. The molecule has 138 valence electrons. The van der Waals surface area contributed by atoms with Crippen LogP contribution in [0, 0.1) is 5.41 Å². The Hall–Kier alpha value is -0.980. The van der Waals surface area contributed by atoms with Gasteiger partial charge < -0.3 is 9.64 Å². The molecule has 3 aliphatic rings. The SMILES string of the molecule is CC(C)(C)OC(=O)N1CCC(N2CCCC3(C2)CC3(F)F)C(F)C1. The molecule has 24 heavy (non-hydrogen) atoms. The maximum Gasteiger partial charge on any atom is 0.410 e. The number of carbonyl (C=O) groups excluding carboxylic acids is 1. The summed E-state index contributed by atoms with van der Waals surface area (Å²) in [5.41, 5.74) is -1.54. The van der Waals surface area contributed by atoms with Gasteiger partial charge >= 0.3 is 6.09 Å². The van der Waals surface area contributed by atoms with Crippen molar-refractivity contribution in [3.63, 3.8) is 0 Å². The minimum Gasteiger partial charge on any atom is -0.444 e. The van der Waals surface area contributed by atoms with Crippen LogP contribution in [-0.4, -0.2) is 65.8 Å². The second-order valence-electron chi connectivity index (χ2n) is 8.53. The number of carbonyl (C=O) groups is 1. The fraction of sp³-hybridized carbons (Fsp3) is 0.941. The van der Waals surface area contributed by atoms with Crippen LogP contribution in [0.4, 0.5) is 18.0 Å². The summed E-state index contributed by atoms with van der Waals surface area (Å²) < 4.78 is 47.2. The lowest BCUT2D eigenvalue weighted by Crippen LogP contribution is -2.57. The molecule has 3 rings (SSSR count). The fourth-order valence-electron chi connectivity index (χ4n) is 4.07. The molecule has 3 unspecified atom stereocenters. The molecule has 1 saturated carbocycles. The monoisotopic (exact) mass is 348 g/mol. The van der Waals surface area contributed by atoms with Crippen LogP contribution in [0.2, 0.25) is 0 Å². The molecule has 2 saturated heterocycles. The highest BCUT2D eigenvalue weighted by atomic mass is 19.3. The van der Waals surface area contributed by atoms with E-state index >= 15 is 0 Å². The molecule has 0 aromatic rings. The first-order chi connectivity index (χ1) is 11.0. The van der Waals surface area contributed by atoms with E-state index in [1.54, 1.807) is 20.8 Å². The minimum absolute atomic E-state index is 0.0283. The quantitative estimate of drug-likeness (QED) is 0.728. The number of hydrogen-bond acceptors (Lipinski definition) is 3. The lowest BCUT2D eigenvalue weighted by molar-refractivity contribution is -0.0302. The van der Waals surface area contributed by atoms with Crippen molar-refractivity contribution in [2.24, 2.45) is 5.41 Å². The summed E-state index contributed by atoms with van der Waals surface area (Å²) in [6.07, 6.45) is -0.119. The van der Waals surface area contributed by atoms with E-state index in [0.717, 1.165) is 0 Å². The zero-order valence-electron chi connectivity index (χ0n) is 14.7. The van der Waals surface area contributed by atoms with Gasteiger partial charge in [0.15, 0.2) is 0 Å². The van der Waals surface area contributed by atoms with Gasteiger partial charge in [0, 0.05) is 25.6 Å². The summed E-state index contributed by atoms with van der Waals surface area (Å²) in [5.74, 6) is -2.59. The third kappa shape index (κ3) is 3.37. The van der Waals surface area contributed by atoms with E-state index in [0.29, 0.717) is 32.4 Å². The fourth-order valence-corrected chi connectivity index (χ4v) is 4.07. The van der Waals surface area contributed by atoms with Crippen LogP contribution in [0.25, 0.3) is 0 Å². The van der Waals surface area contributed by atoms with Crippen molar-refractivity contribution >= 4 is 6.09 Å². The highest BCUT2D eigenvalue weighted by Crippen LogP contribution is 2.64. The smallest absolute Gasteiger partial charge is 0.410 e. The molecular formula is C17H27F3N2O2. The summed E-state index contributed by atoms with van der Waals surface area (Å²) in [7, 11) is 0. The van der Waals surface area contributed by atoms with Crippen LogP contribution in [0.3, 0.4) is 0 Å². The van der Waals surface area contributed by atoms with Crippen molar-refractivity contribution < 1.29 is 22.7 Å². The van der Waals surface area contributed by atoms with Gasteiger partial charge in [-0.05, 0) is 46.6 Å². The predicted molar refractivity (Wildman–Crippen MR) is 83.9 cm³/mol. The topological polar surface area (TPSA) is 32.8 Å². The first-order valence-electron chi connectivity index (χ1n) is 8.77. The summed E-state index contributed by atoms with van der Waals surface area (Å²) >= 11 is 0. The van der Waals surface area contributed by atoms with Gasteiger partial charge in [-0.2, -0.15) is 0 Å². The number of nitrogens with zero attached hydrogens (tertiary/aromatic N) is 2. The van der Waals surface area contributed by atoms with Crippen molar-refractivity contribution in [1.82, 2.24) is 9.80 Å². The summed E-state index contributed by atoms with van der Waals surface area (Å²) in [5, 5.41) is 0. The van der Waals surface area contributed by atoms with Gasteiger partial charge in [0.2, 0.25) is 0 Å². The highest BCUT2D eigenvalue weighted by molar-refractivity contribution is 5.68. The molecule has 1 amide bonds. The van der Waals surface area contributed by atoms with E-state index in [9.17, 15) is 18.0 Å². The Labute approximate surface area is 141 Å². The number of likely N-dealkylation sites (tertiary alicyclic amines) is 2. The van der Waals surface area contributed by atoms with E-state index in [-0.39, 0.29) is 25.6 Å². The molecular weight excluding hydrogens is 321 g/mol. The Morgan fingerprint density at radius 3 is 2.46 bits per heavy atom. The van der Waals surface area contributed by atoms with Gasteiger partial charge in [-0.25, -0.2) is 18.0 Å². The minimum atomic E-state index is -2.59. The van der Waals surface area contributed by atoms with Gasteiger partial charge in [0.1, 0.15) is 11.8 Å². The van der Waals surface area contributed by atoms with Crippen molar-refractivity contribution in [1.29, 1.82) is 0 Å². The Bertz CT molecular complexity index is 509. The number of halogens is 3. The van der Waals surface area contributed by atoms with Crippen LogP contribution in [0.15, 0.2) is 0 Å².